The Labute approximate surface area is 216 Å². The molecule has 1 atom stereocenters. The van der Waals surface area contributed by atoms with Crippen LogP contribution in [-0.2, 0) is 9.47 Å². The van der Waals surface area contributed by atoms with Crippen molar-refractivity contribution in [3.63, 3.8) is 0 Å². The second-order valence-electron chi connectivity index (χ2n) is 10.0. The molecule has 3 aromatic rings. The van der Waals surface area contributed by atoms with Crippen LogP contribution in [0, 0.1) is 6.92 Å². The van der Waals surface area contributed by atoms with Gasteiger partial charge >= 0.3 is 0 Å². The maximum atomic E-state index is 12.6. The normalized spacial score (nSPS) is 20.3. The zero-order chi connectivity index (χ0) is 25.2. The molecule has 0 bridgehead atoms. The van der Waals surface area contributed by atoms with Crippen LogP contribution in [0.15, 0.2) is 30.5 Å². The van der Waals surface area contributed by atoms with E-state index in [4.69, 9.17) is 19.2 Å². The molecular weight excluding hydrogens is 472 g/mol. The van der Waals surface area contributed by atoms with Crippen LogP contribution < -0.4 is 15.4 Å². The highest BCUT2D eigenvalue weighted by Crippen LogP contribution is 2.30. The van der Waals surface area contributed by atoms with Gasteiger partial charge in [0.25, 0.3) is 5.91 Å². The summed E-state index contributed by atoms with van der Waals surface area (Å²) >= 11 is 0. The Balaban J connectivity index is 1.28. The van der Waals surface area contributed by atoms with Crippen LogP contribution in [0.4, 0.5) is 5.82 Å². The molecule has 196 valence electrons. The molecule has 1 aliphatic carbocycles. The molecule has 37 heavy (non-hydrogen) atoms. The number of anilines is 1. The van der Waals surface area contributed by atoms with Crippen molar-refractivity contribution in [1.82, 2.24) is 24.8 Å². The van der Waals surface area contributed by atoms with Gasteiger partial charge in [-0.2, -0.15) is 14.6 Å². The van der Waals surface area contributed by atoms with Gasteiger partial charge in [0.2, 0.25) is 5.88 Å². The third-order valence-electron chi connectivity index (χ3n) is 7.16. The van der Waals surface area contributed by atoms with Gasteiger partial charge in [-0.15, -0.1) is 0 Å². The molecule has 3 fully saturated rings. The van der Waals surface area contributed by atoms with Crippen molar-refractivity contribution < 1.29 is 19.0 Å². The lowest BCUT2D eigenvalue weighted by Crippen LogP contribution is -2.39. The maximum Gasteiger partial charge on any atom is 0.251 e. The van der Waals surface area contributed by atoms with Crippen molar-refractivity contribution >= 4 is 17.4 Å². The van der Waals surface area contributed by atoms with Crippen molar-refractivity contribution in [2.75, 3.05) is 57.9 Å². The first-order valence-corrected chi connectivity index (χ1v) is 13.2. The first-order chi connectivity index (χ1) is 18.1. The number of ether oxygens (including phenoxy) is 3. The second kappa shape index (κ2) is 10.6. The molecule has 1 amide bonds. The zero-order valence-electron chi connectivity index (χ0n) is 21.2. The van der Waals surface area contributed by atoms with Gasteiger partial charge in [-0.3, -0.25) is 9.69 Å². The molecule has 3 aliphatic rings. The van der Waals surface area contributed by atoms with E-state index in [0.29, 0.717) is 36.3 Å². The van der Waals surface area contributed by atoms with Crippen LogP contribution >= 0.6 is 0 Å². The molecule has 1 saturated carbocycles. The van der Waals surface area contributed by atoms with E-state index in [-0.39, 0.29) is 12.0 Å². The number of benzene rings is 1. The van der Waals surface area contributed by atoms with E-state index in [1.54, 1.807) is 0 Å². The highest BCUT2D eigenvalue weighted by Gasteiger charge is 2.25. The second-order valence-corrected chi connectivity index (χ2v) is 10.0. The summed E-state index contributed by atoms with van der Waals surface area (Å²) in [5.74, 6) is 1.37. The fourth-order valence-corrected chi connectivity index (χ4v) is 4.85. The predicted octanol–water partition coefficient (Wildman–Crippen LogP) is 2.51. The van der Waals surface area contributed by atoms with Gasteiger partial charge in [0.15, 0.2) is 5.65 Å². The number of morpholine rings is 1. The Hall–Kier alpha value is -3.21. The molecule has 2 aliphatic heterocycles. The summed E-state index contributed by atoms with van der Waals surface area (Å²) in [6.45, 7) is 8.39. The highest BCUT2D eigenvalue weighted by molar-refractivity contribution is 5.97. The minimum absolute atomic E-state index is 0.00553. The van der Waals surface area contributed by atoms with Gasteiger partial charge in [0, 0.05) is 55.8 Å². The summed E-state index contributed by atoms with van der Waals surface area (Å²) in [4.78, 5) is 19.8. The number of carbonyl (C=O) groups is 1. The first kappa shape index (κ1) is 24.1. The average Bonchev–Trinajstić information content (AvgIpc) is 3.37. The number of fused-ring (bicyclic) bond motifs is 1. The number of rotatable bonds is 9. The van der Waals surface area contributed by atoms with Gasteiger partial charge < -0.3 is 24.8 Å². The molecule has 10 heteroatoms. The van der Waals surface area contributed by atoms with Crippen LogP contribution in [0.2, 0.25) is 0 Å². The summed E-state index contributed by atoms with van der Waals surface area (Å²) < 4.78 is 19.0. The highest BCUT2D eigenvalue weighted by atomic mass is 16.5. The predicted molar refractivity (Wildman–Crippen MR) is 139 cm³/mol. The van der Waals surface area contributed by atoms with E-state index in [9.17, 15) is 4.79 Å². The molecule has 0 unspecified atom stereocenters. The number of aromatic nitrogens is 3. The lowest BCUT2D eigenvalue weighted by Gasteiger charge is -2.26. The van der Waals surface area contributed by atoms with E-state index >= 15 is 0 Å². The molecule has 0 spiro atoms. The van der Waals surface area contributed by atoms with Crippen molar-refractivity contribution in [2.24, 2.45) is 0 Å². The van der Waals surface area contributed by atoms with E-state index < -0.39 is 0 Å². The number of nitrogens with zero attached hydrogens (tertiary/aromatic N) is 4. The minimum atomic E-state index is -0.00855. The van der Waals surface area contributed by atoms with Crippen LogP contribution in [0.1, 0.15) is 35.2 Å². The molecule has 2 aromatic heterocycles. The number of carbonyl (C=O) groups excluding carboxylic acids is 1. The van der Waals surface area contributed by atoms with Crippen molar-refractivity contribution in [1.29, 1.82) is 0 Å². The SMILES string of the molecule is Cc1cc(-c2cnn3c(NCCN4CCOCC4)cc(O[C@@H]4CCOC4)nc23)ccc1C(=O)NC1CC1. The lowest BCUT2D eigenvalue weighted by atomic mass is 10.0. The fourth-order valence-electron chi connectivity index (χ4n) is 4.85. The van der Waals surface area contributed by atoms with Gasteiger partial charge in [-0.05, 0) is 37.0 Å². The standard InChI is InChI=1S/C27H34N6O4/c1-18-14-19(2-5-22(18)27(34)30-20-3-4-20)23-16-29-33-24(28-7-8-32-9-12-35-13-10-32)15-25(31-26(23)33)37-21-6-11-36-17-21/h2,5,14-16,20-21,28H,3-4,6-13,17H2,1H3,(H,30,34)/t21-/m1/s1. The first-order valence-electron chi connectivity index (χ1n) is 13.2. The Morgan fingerprint density at radius 1 is 1.14 bits per heavy atom. The Kier molecular flexibility index (Phi) is 6.95. The number of hydrogen-bond donors (Lipinski definition) is 2. The van der Waals surface area contributed by atoms with Crippen molar-refractivity contribution in [3.8, 4) is 17.0 Å². The lowest BCUT2D eigenvalue weighted by molar-refractivity contribution is 0.0398. The molecular formula is C27H34N6O4. The third kappa shape index (κ3) is 5.56. The molecule has 10 nitrogen and oxygen atoms in total. The smallest absolute Gasteiger partial charge is 0.251 e. The average molecular weight is 507 g/mol. The fraction of sp³-hybridized carbons (Fsp3) is 0.519. The number of nitrogens with one attached hydrogen (secondary N) is 2. The molecule has 2 N–H and O–H groups in total. The summed E-state index contributed by atoms with van der Waals surface area (Å²) in [7, 11) is 0. The van der Waals surface area contributed by atoms with Gasteiger partial charge in [-0.1, -0.05) is 12.1 Å². The largest absolute Gasteiger partial charge is 0.472 e. The molecule has 2 saturated heterocycles. The molecule has 1 aromatic carbocycles. The third-order valence-corrected chi connectivity index (χ3v) is 7.16. The molecule has 0 radical (unpaired) electrons. The summed E-state index contributed by atoms with van der Waals surface area (Å²) in [5.41, 5.74) is 4.19. The van der Waals surface area contributed by atoms with Gasteiger partial charge in [0.1, 0.15) is 11.9 Å². The summed E-state index contributed by atoms with van der Waals surface area (Å²) in [6.07, 6.45) is 4.81. The van der Waals surface area contributed by atoms with Crippen molar-refractivity contribution in [2.45, 2.75) is 38.3 Å². The topological polar surface area (TPSA) is 102 Å². The van der Waals surface area contributed by atoms with E-state index in [1.165, 1.54) is 0 Å². The van der Waals surface area contributed by atoms with E-state index in [2.05, 4.69) is 20.6 Å². The summed E-state index contributed by atoms with van der Waals surface area (Å²) in [6, 6.07) is 8.14. The van der Waals surface area contributed by atoms with Crippen LogP contribution in [-0.4, -0.2) is 90.2 Å². The number of amides is 1. The van der Waals surface area contributed by atoms with E-state index in [1.807, 2.05) is 41.9 Å². The number of hydrogen-bond acceptors (Lipinski definition) is 8. The van der Waals surface area contributed by atoms with Crippen molar-refractivity contribution in [3.05, 3.63) is 41.6 Å². The van der Waals surface area contributed by atoms with Crippen LogP contribution in [0.25, 0.3) is 16.8 Å². The van der Waals surface area contributed by atoms with Gasteiger partial charge in [0.05, 0.1) is 32.6 Å². The molecule has 4 heterocycles. The number of aryl methyl sites for hydroxylation is 1. The Morgan fingerprint density at radius 3 is 2.76 bits per heavy atom. The van der Waals surface area contributed by atoms with E-state index in [0.717, 1.165) is 81.2 Å². The molecule has 6 rings (SSSR count). The quantitative estimate of drug-likeness (QED) is 0.457. The monoisotopic (exact) mass is 506 g/mol. The summed E-state index contributed by atoms with van der Waals surface area (Å²) in [5, 5.41) is 11.3. The van der Waals surface area contributed by atoms with Gasteiger partial charge in [-0.25, -0.2) is 0 Å². The Morgan fingerprint density at radius 2 is 2.00 bits per heavy atom. The van der Waals surface area contributed by atoms with Crippen LogP contribution in [0.5, 0.6) is 5.88 Å². The Bertz CT molecular complexity index is 1260. The van der Waals surface area contributed by atoms with Crippen LogP contribution in [0.3, 0.4) is 0 Å². The maximum absolute atomic E-state index is 12.6. The zero-order valence-corrected chi connectivity index (χ0v) is 21.2. The minimum Gasteiger partial charge on any atom is -0.472 e.